The van der Waals surface area contributed by atoms with E-state index in [1.54, 1.807) is 35.8 Å². The van der Waals surface area contributed by atoms with Crippen LogP contribution in [0.1, 0.15) is 34.2 Å². The summed E-state index contributed by atoms with van der Waals surface area (Å²) in [6.07, 6.45) is 3.78. The highest BCUT2D eigenvalue weighted by atomic mass is 127. The van der Waals surface area contributed by atoms with Crippen LogP contribution in [0, 0.1) is 10.5 Å². The Labute approximate surface area is 199 Å². The molecule has 1 heterocycles. The van der Waals surface area contributed by atoms with Crippen LogP contribution in [0.4, 0.5) is 0 Å². The van der Waals surface area contributed by atoms with Crippen molar-refractivity contribution in [1.29, 1.82) is 0 Å². The minimum absolute atomic E-state index is 0.165. The third kappa shape index (κ3) is 4.65. The Bertz CT molecular complexity index is 1390. The number of fused-ring (bicyclic) bond motifs is 1. The first kappa shape index (κ1) is 22.0. The van der Waals surface area contributed by atoms with Gasteiger partial charge in [-0.1, -0.05) is 35.9 Å². The molecule has 0 N–H and O–H groups in total. The van der Waals surface area contributed by atoms with E-state index in [2.05, 4.69) is 28.7 Å². The number of carbonyl (C=O) groups excluding carboxylic acids is 1. The largest absolute Gasteiger partial charge is 0.462 e. The van der Waals surface area contributed by atoms with Crippen molar-refractivity contribution in [3.8, 4) is 5.69 Å². The fourth-order valence-corrected chi connectivity index (χ4v) is 3.93. The third-order valence-electron chi connectivity index (χ3n) is 4.96. The van der Waals surface area contributed by atoms with Gasteiger partial charge in [0.2, 0.25) is 0 Å². The standard InChI is InChI=1S/C26H21IN2O3/c1-3-32-26(31)19-8-11-21(12-9-19)29-24(14-7-18-6-4-5-17(2)15-18)28-23-13-10-20(27)16-22(23)25(29)30/h4-16H,3H2,1-2H3/b14-7+. The van der Waals surface area contributed by atoms with E-state index < -0.39 is 5.97 Å². The maximum Gasteiger partial charge on any atom is 0.338 e. The predicted octanol–water partition coefficient (Wildman–Crippen LogP) is 5.65. The Hall–Kier alpha value is -3.26. The Kier molecular flexibility index (Phi) is 6.50. The number of halogens is 1. The van der Waals surface area contributed by atoms with Crippen molar-refractivity contribution in [3.05, 3.63) is 103 Å². The molecule has 5 nitrogen and oxygen atoms in total. The molecule has 3 aromatic carbocycles. The van der Waals surface area contributed by atoms with Crippen LogP contribution in [-0.2, 0) is 4.74 Å². The minimum atomic E-state index is -0.392. The number of ether oxygens (including phenoxy) is 1. The van der Waals surface area contributed by atoms with Crippen molar-refractivity contribution < 1.29 is 9.53 Å². The van der Waals surface area contributed by atoms with Crippen LogP contribution in [0.5, 0.6) is 0 Å². The van der Waals surface area contributed by atoms with E-state index >= 15 is 0 Å². The van der Waals surface area contributed by atoms with Crippen LogP contribution in [0.3, 0.4) is 0 Å². The number of hydrogen-bond donors (Lipinski definition) is 0. The van der Waals surface area contributed by atoms with Gasteiger partial charge in [-0.05, 0) is 90.5 Å². The molecule has 6 heteroatoms. The van der Waals surface area contributed by atoms with Gasteiger partial charge in [-0.2, -0.15) is 0 Å². The van der Waals surface area contributed by atoms with E-state index in [4.69, 9.17) is 9.72 Å². The first-order valence-corrected chi connectivity index (χ1v) is 11.3. The molecule has 0 saturated carbocycles. The average molecular weight is 536 g/mol. The number of aromatic nitrogens is 2. The van der Waals surface area contributed by atoms with E-state index in [1.165, 1.54) is 0 Å². The monoisotopic (exact) mass is 536 g/mol. The van der Waals surface area contributed by atoms with Crippen molar-refractivity contribution in [1.82, 2.24) is 9.55 Å². The smallest absolute Gasteiger partial charge is 0.338 e. The van der Waals surface area contributed by atoms with Crippen LogP contribution < -0.4 is 5.56 Å². The molecule has 0 spiro atoms. The number of rotatable bonds is 5. The second kappa shape index (κ2) is 9.48. The lowest BCUT2D eigenvalue weighted by Gasteiger charge is -2.12. The number of benzene rings is 3. The Morgan fingerprint density at radius 1 is 1.06 bits per heavy atom. The van der Waals surface area contributed by atoms with Gasteiger partial charge in [0.1, 0.15) is 5.82 Å². The normalized spacial score (nSPS) is 11.2. The lowest BCUT2D eigenvalue weighted by molar-refractivity contribution is 0.0526. The predicted molar refractivity (Wildman–Crippen MR) is 136 cm³/mol. The van der Waals surface area contributed by atoms with Gasteiger partial charge in [0.05, 0.1) is 28.8 Å². The lowest BCUT2D eigenvalue weighted by Crippen LogP contribution is -2.22. The molecule has 0 radical (unpaired) electrons. The summed E-state index contributed by atoms with van der Waals surface area (Å²) in [5, 5.41) is 0.541. The van der Waals surface area contributed by atoms with E-state index in [-0.39, 0.29) is 5.56 Å². The summed E-state index contributed by atoms with van der Waals surface area (Å²) in [5.74, 6) is 0.117. The lowest BCUT2D eigenvalue weighted by atomic mass is 10.1. The number of hydrogen-bond acceptors (Lipinski definition) is 4. The van der Waals surface area contributed by atoms with Crippen molar-refractivity contribution in [2.45, 2.75) is 13.8 Å². The van der Waals surface area contributed by atoms with Gasteiger partial charge < -0.3 is 4.74 Å². The van der Waals surface area contributed by atoms with Gasteiger partial charge in [-0.3, -0.25) is 9.36 Å². The van der Waals surface area contributed by atoms with Gasteiger partial charge in [0, 0.05) is 3.57 Å². The number of carbonyl (C=O) groups is 1. The molecule has 0 unspecified atom stereocenters. The molecular formula is C26H21IN2O3. The second-order valence-electron chi connectivity index (χ2n) is 7.29. The molecule has 1 aromatic heterocycles. The van der Waals surface area contributed by atoms with Gasteiger partial charge in [-0.25, -0.2) is 9.78 Å². The fraction of sp³-hybridized carbons (Fsp3) is 0.115. The van der Waals surface area contributed by atoms with Gasteiger partial charge in [0.25, 0.3) is 5.56 Å². The molecule has 0 amide bonds. The molecule has 32 heavy (non-hydrogen) atoms. The first-order chi connectivity index (χ1) is 15.5. The Morgan fingerprint density at radius 3 is 2.56 bits per heavy atom. The number of aryl methyl sites for hydroxylation is 1. The Balaban J connectivity index is 1.87. The number of esters is 1. The molecule has 0 atom stereocenters. The number of nitrogens with zero attached hydrogens (tertiary/aromatic N) is 2. The zero-order valence-corrected chi connectivity index (χ0v) is 19.9. The summed E-state index contributed by atoms with van der Waals surface area (Å²) < 4.78 is 7.59. The van der Waals surface area contributed by atoms with E-state index in [0.717, 1.165) is 14.7 Å². The van der Waals surface area contributed by atoms with Crippen LogP contribution in [0.15, 0.2) is 71.5 Å². The maximum absolute atomic E-state index is 13.5. The van der Waals surface area contributed by atoms with Crippen LogP contribution in [0.2, 0.25) is 0 Å². The van der Waals surface area contributed by atoms with Gasteiger partial charge in [0.15, 0.2) is 0 Å². The second-order valence-corrected chi connectivity index (χ2v) is 8.53. The first-order valence-electron chi connectivity index (χ1n) is 10.2. The maximum atomic E-state index is 13.5. The molecule has 4 aromatic rings. The SMILES string of the molecule is CCOC(=O)c1ccc(-n2c(/C=C/c3cccc(C)c3)nc3ccc(I)cc3c2=O)cc1. The summed E-state index contributed by atoms with van der Waals surface area (Å²) in [6.45, 7) is 4.11. The molecular weight excluding hydrogens is 515 g/mol. The van der Waals surface area contributed by atoms with E-state index in [9.17, 15) is 9.59 Å². The van der Waals surface area contributed by atoms with Crippen LogP contribution in [-0.4, -0.2) is 22.1 Å². The molecule has 0 bridgehead atoms. The zero-order valence-electron chi connectivity index (χ0n) is 17.7. The topological polar surface area (TPSA) is 61.2 Å². The zero-order chi connectivity index (χ0) is 22.7. The van der Waals surface area contributed by atoms with Crippen LogP contribution >= 0.6 is 22.6 Å². The fourth-order valence-electron chi connectivity index (χ4n) is 3.44. The summed E-state index contributed by atoms with van der Waals surface area (Å²) in [7, 11) is 0. The van der Waals surface area contributed by atoms with Crippen molar-refractivity contribution in [3.63, 3.8) is 0 Å². The molecule has 0 aliphatic carbocycles. The highest BCUT2D eigenvalue weighted by Gasteiger charge is 2.13. The van der Waals surface area contributed by atoms with Gasteiger partial charge >= 0.3 is 5.97 Å². The van der Waals surface area contributed by atoms with Gasteiger partial charge in [-0.15, -0.1) is 0 Å². The summed E-state index contributed by atoms with van der Waals surface area (Å²) in [4.78, 5) is 30.3. The van der Waals surface area contributed by atoms with Crippen molar-refractivity contribution in [2.24, 2.45) is 0 Å². The molecule has 0 aliphatic rings. The average Bonchev–Trinajstić information content (AvgIpc) is 2.79. The summed E-state index contributed by atoms with van der Waals surface area (Å²) in [5.41, 5.74) is 3.70. The van der Waals surface area contributed by atoms with Crippen LogP contribution in [0.25, 0.3) is 28.7 Å². The molecule has 4 rings (SSSR count). The summed E-state index contributed by atoms with van der Waals surface area (Å²) >= 11 is 2.19. The van der Waals surface area contributed by atoms with Crippen molar-refractivity contribution in [2.75, 3.05) is 6.61 Å². The minimum Gasteiger partial charge on any atom is -0.462 e. The van der Waals surface area contributed by atoms with Crippen molar-refractivity contribution >= 4 is 51.6 Å². The molecule has 0 fully saturated rings. The Morgan fingerprint density at radius 2 is 1.84 bits per heavy atom. The molecule has 160 valence electrons. The highest BCUT2D eigenvalue weighted by Crippen LogP contribution is 2.18. The highest BCUT2D eigenvalue weighted by molar-refractivity contribution is 14.1. The van der Waals surface area contributed by atoms with E-state index in [0.29, 0.717) is 34.6 Å². The molecule has 0 saturated heterocycles. The third-order valence-corrected chi connectivity index (χ3v) is 5.63. The summed E-state index contributed by atoms with van der Waals surface area (Å²) in [6, 6.07) is 20.5. The van der Waals surface area contributed by atoms with E-state index in [1.807, 2.05) is 55.5 Å². The molecule has 0 aliphatic heterocycles. The quantitative estimate of drug-likeness (QED) is 0.245.